The second-order valence-corrected chi connectivity index (χ2v) is 9.74. The number of anilines is 1. The molecule has 2 fully saturated rings. The average molecular weight is 425 g/mol. The van der Waals surface area contributed by atoms with E-state index in [1.54, 1.807) is 12.1 Å². The predicted molar refractivity (Wildman–Crippen MR) is 112 cm³/mol. The number of carbonyl (C=O) groups excluding carboxylic acids is 1. The molecule has 8 nitrogen and oxygen atoms in total. The van der Waals surface area contributed by atoms with E-state index < -0.39 is 10.0 Å². The van der Waals surface area contributed by atoms with Gasteiger partial charge in [-0.05, 0) is 57.5 Å². The van der Waals surface area contributed by atoms with E-state index in [1.165, 1.54) is 12.1 Å². The van der Waals surface area contributed by atoms with Crippen molar-refractivity contribution in [2.75, 3.05) is 38.0 Å². The van der Waals surface area contributed by atoms with Gasteiger partial charge in [-0.15, -0.1) is 0 Å². The van der Waals surface area contributed by atoms with Crippen LogP contribution in [0, 0.1) is 0 Å². The molecule has 29 heavy (non-hydrogen) atoms. The highest BCUT2D eigenvalue weighted by atomic mass is 32.2. The Kier molecular flexibility index (Phi) is 7.28. The average Bonchev–Trinajstić information content (AvgIpc) is 3.06. The van der Waals surface area contributed by atoms with E-state index in [-0.39, 0.29) is 23.0 Å². The van der Waals surface area contributed by atoms with E-state index in [0.717, 1.165) is 45.6 Å². The lowest BCUT2D eigenvalue weighted by molar-refractivity contribution is -0.116. The van der Waals surface area contributed by atoms with Crippen molar-refractivity contribution < 1.29 is 17.9 Å². The third-order valence-corrected chi connectivity index (χ3v) is 6.49. The van der Waals surface area contributed by atoms with Crippen molar-refractivity contribution in [3.05, 3.63) is 24.3 Å². The first kappa shape index (κ1) is 22.2. The third-order valence-electron chi connectivity index (χ3n) is 5.56. The van der Waals surface area contributed by atoms with E-state index >= 15 is 0 Å². The molecule has 2 saturated heterocycles. The second kappa shape index (κ2) is 9.53. The Bertz CT molecular complexity index is 789. The van der Waals surface area contributed by atoms with Crippen molar-refractivity contribution in [1.82, 2.24) is 9.80 Å². The van der Waals surface area contributed by atoms with Crippen LogP contribution in [0.15, 0.2) is 29.2 Å². The van der Waals surface area contributed by atoms with E-state index in [2.05, 4.69) is 29.0 Å². The summed E-state index contributed by atoms with van der Waals surface area (Å²) in [6.45, 7) is 8.93. The fourth-order valence-electron chi connectivity index (χ4n) is 4.32. The molecule has 0 radical (unpaired) electrons. The lowest BCUT2D eigenvalue weighted by Gasteiger charge is -2.38. The van der Waals surface area contributed by atoms with Gasteiger partial charge in [0.05, 0.1) is 17.1 Å². The summed E-state index contributed by atoms with van der Waals surface area (Å²) < 4.78 is 28.4. The van der Waals surface area contributed by atoms with Gasteiger partial charge in [0.15, 0.2) is 0 Å². The van der Waals surface area contributed by atoms with E-state index in [9.17, 15) is 13.2 Å². The molecule has 1 amide bonds. The van der Waals surface area contributed by atoms with Crippen LogP contribution in [0.4, 0.5) is 5.69 Å². The molecule has 3 unspecified atom stereocenters. The zero-order valence-electron chi connectivity index (χ0n) is 17.2. The first-order valence-corrected chi connectivity index (χ1v) is 11.8. The molecule has 0 aromatic heterocycles. The molecule has 0 saturated carbocycles. The first-order valence-electron chi connectivity index (χ1n) is 10.3. The molecule has 2 aliphatic heterocycles. The Labute approximate surface area is 173 Å². The summed E-state index contributed by atoms with van der Waals surface area (Å²) in [6, 6.07) is 6.38. The largest absolute Gasteiger partial charge is 0.373 e. The molecular weight excluding hydrogens is 392 g/mol. The van der Waals surface area contributed by atoms with Crippen LogP contribution in [0.5, 0.6) is 0 Å². The topological polar surface area (TPSA) is 105 Å². The Balaban J connectivity index is 1.46. The molecule has 0 spiro atoms. The molecule has 2 aliphatic rings. The number of rotatable bonds is 7. The maximum absolute atomic E-state index is 12.3. The molecule has 0 aliphatic carbocycles. The second-order valence-electron chi connectivity index (χ2n) is 8.18. The summed E-state index contributed by atoms with van der Waals surface area (Å²) in [5.41, 5.74) is 0.566. The predicted octanol–water partition coefficient (Wildman–Crippen LogP) is 1.24. The molecule has 3 atom stereocenters. The molecule has 162 valence electrons. The van der Waals surface area contributed by atoms with E-state index in [4.69, 9.17) is 9.88 Å². The highest BCUT2D eigenvalue weighted by molar-refractivity contribution is 7.89. The number of morpholine rings is 1. The van der Waals surface area contributed by atoms with Crippen molar-refractivity contribution in [2.24, 2.45) is 5.14 Å². The highest BCUT2D eigenvalue weighted by Gasteiger charge is 2.29. The standard InChI is InChI=1S/C20H32N4O4S/c1-15-12-23(13-16(2)28-15)14-18-4-3-10-24(18)11-9-20(25)22-17-5-7-19(8-6-17)29(21,26)27/h5-8,15-16,18H,3-4,9-14H2,1-2H3,(H,22,25)(H2,21,26,27). The van der Waals surface area contributed by atoms with Crippen LogP contribution in [-0.4, -0.2) is 75.1 Å². The van der Waals surface area contributed by atoms with Crippen molar-refractivity contribution in [2.45, 2.75) is 56.3 Å². The highest BCUT2D eigenvalue weighted by Crippen LogP contribution is 2.21. The zero-order valence-corrected chi connectivity index (χ0v) is 18.0. The number of nitrogens with one attached hydrogen (secondary N) is 1. The van der Waals surface area contributed by atoms with Gasteiger partial charge in [0.2, 0.25) is 15.9 Å². The lowest BCUT2D eigenvalue weighted by atomic mass is 10.1. The summed E-state index contributed by atoms with van der Waals surface area (Å²) in [4.78, 5) is 17.2. The van der Waals surface area contributed by atoms with Crippen LogP contribution in [0.1, 0.15) is 33.1 Å². The Hall–Kier alpha value is -1.52. The number of amides is 1. The van der Waals surface area contributed by atoms with Gasteiger partial charge in [-0.1, -0.05) is 0 Å². The van der Waals surface area contributed by atoms with Crippen LogP contribution in [0.3, 0.4) is 0 Å². The summed E-state index contributed by atoms with van der Waals surface area (Å²) in [5, 5.41) is 7.91. The maximum atomic E-state index is 12.3. The number of likely N-dealkylation sites (tertiary alicyclic amines) is 1. The van der Waals surface area contributed by atoms with Crippen molar-refractivity contribution in [3.8, 4) is 0 Å². The molecule has 0 bridgehead atoms. The van der Waals surface area contributed by atoms with Gasteiger partial charge in [0.25, 0.3) is 0 Å². The number of primary sulfonamides is 1. The van der Waals surface area contributed by atoms with Gasteiger partial charge in [0, 0.05) is 44.3 Å². The molecular formula is C20H32N4O4S. The zero-order chi connectivity index (χ0) is 21.0. The van der Waals surface area contributed by atoms with Gasteiger partial charge in [-0.25, -0.2) is 13.6 Å². The van der Waals surface area contributed by atoms with Crippen LogP contribution >= 0.6 is 0 Å². The lowest BCUT2D eigenvalue weighted by Crippen LogP contribution is -2.50. The number of carbonyl (C=O) groups is 1. The number of benzene rings is 1. The normalized spacial score (nSPS) is 26.5. The van der Waals surface area contributed by atoms with Crippen LogP contribution in [-0.2, 0) is 19.6 Å². The molecule has 1 aromatic rings. The van der Waals surface area contributed by atoms with Gasteiger partial charge in [-0.3, -0.25) is 14.6 Å². The summed E-state index contributed by atoms with van der Waals surface area (Å²) >= 11 is 0. The monoisotopic (exact) mass is 424 g/mol. The quantitative estimate of drug-likeness (QED) is 0.682. The summed E-state index contributed by atoms with van der Waals surface area (Å²) in [5.74, 6) is -0.0763. The Morgan fingerprint density at radius 2 is 1.86 bits per heavy atom. The number of sulfonamides is 1. The smallest absolute Gasteiger partial charge is 0.238 e. The van der Waals surface area contributed by atoms with E-state index in [0.29, 0.717) is 18.2 Å². The number of nitrogens with two attached hydrogens (primary N) is 1. The number of hydrogen-bond donors (Lipinski definition) is 2. The van der Waals surface area contributed by atoms with Crippen molar-refractivity contribution in [3.63, 3.8) is 0 Å². The fourth-order valence-corrected chi connectivity index (χ4v) is 4.84. The molecule has 3 N–H and O–H groups in total. The molecule has 2 heterocycles. The van der Waals surface area contributed by atoms with Crippen LogP contribution < -0.4 is 10.5 Å². The van der Waals surface area contributed by atoms with E-state index in [1.807, 2.05) is 0 Å². The molecule has 1 aromatic carbocycles. The van der Waals surface area contributed by atoms with Crippen LogP contribution in [0.2, 0.25) is 0 Å². The maximum Gasteiger partial charge on any atom is 0.238 e. The third kappa shape index (κ3) is 6.48. The minimum Gasteiger partial charge on any atom is -0.373 e. The SMILES string of the molecule is CC1CN(CC2CCCN2CCC(=O)Nc2ccc(S(N)(=O)=O)cc2)CC(C)O1. The van der Waals surface area contributed by atoms with Crippen molar-refractivity contribution in [1.29, 1.82) is 0 Å². The molecule has 9 heteroatoms. The first-order chi connectivity index (χ1) is 13.7. The van der Waals surface area contributed by atoms with Crippen LogP contribution in [0.25, 0.3) is 0 Å². The molecule has 3 rings (SSSR count). The fraction of sp³-hybridized carbons (Fsp3) is 0.650. The Morgan fingerprint density at radius 3 is 2.48 bits per heavy atom. The minimum absolute atomic E-state index is 0.0298. The minimum atomic E-state index is -3.73. The Morgan fingerprint density at radius 1 is 1.21 bits per heavy atom. The van der Waals surface area contributed by atoms with Gasteiger partial charge in [-0.2, -0.15) is 0 Å². The van der Waals surface area contributed by atoms with Gasteiger partial charge < -0.3 is 10.1 Å². The summed E-state index contributed by atoms with van der Waals surface area (Å²) in [7, 11) is -3.73. The van der Waals surface area contributed by atoms with Gasteiger partial charge in [0.1, 0.15) is 0 Å². The van der Waals surface area contributed by atoms with Gasteiger partial charge >= 0.3 is 0 Å². The number of nitrogens with zero attached hydrogens (tertiary/aromatic N) is 2. The summed E-state index contributed by atoms with van der Waals surface area (Å²) in [6.07, 6.45) is 3.26. The van der Waals surface area contributed by atoms with Crippen molar-refractivity contribution >= 4 is 21.6 Å². The number of ether oxygens (including phenoxy) is 1. The number of hydrogen-bond acceptors (Lipinski definition) is 6.